The summed E-state index contributed by atoms with van der Waals surface area (Å²) < 4.78 is 0. The topological polar surface area (TPSA) is 74.8 Å². The van der Waals surface area contributed by atoms with E-state index in [4.69, 9.17) is 4.98 Å². The third-order valence-corrected chi connectivity index (χ3v) is 6.97. The smallest absolute Gasteiger partial charge is 0.255 e. The van der Waals surface area contributed by atoms with Crippen molar-refractivity contribution >= 4 is 0 Å². The van der Waals surface area contributed by atoms with Gasteiger partial charge >= 0.3 is 0 Å². The highest BCUT2D eigenvalue weighted by Crippen LogP contribution is 2.59. The highest BCUT2D eigenvalue weighted by molar-refractivity contribution is 5.52. The van der Waals surface area contributed by atoms with Gasteiger partial charge in [0, 0.05) is 38.4 Å². The van der Waals surface area contributed by atoms with Crippen LogP contribution < -0.4 is 5.56 Å². The predicted octanol–water partition coefficient (Wildman–Crippen LogP) is 2.58. The molecule has 3 heterocycles. The Balaban J connectivity index is 1.36. The zero-order valence-electron chi connectivity index (χ0n) is 15.9. The Kier molecular flexibility index (Phi) is 3.79. The molecule has 6 heteroatoms. The lowest BCUT2D eigenvalue weighted by Gasteiger charge is -2.57. The van der Waals surface area contributed by atoms with Crippen LogP contribution in [0.3, 0.4) is 0 Å². The standard InChI is InChI=1S/C21H25N5O/c1-21(2)15-4-3-13(17(21)7-15)10-26-6-5-18-16(11-26)20(27)25-19(24-18)14-8-22-12-23-9-14/h3,8-9,12,15,17H,4-7,10-11H2,1-2H3,(H,24,25,27). The third kappa shape index (κ3) is 2.74. The Bertz CT molecular complexity index is 962. The van der Waals surface area contributed by atoms with Crippen molar-refractivity contribution in [3.8, 4) is 11.4 Å². The van der Waals surface area contributed by atoms with Gasteiger partial charge in [-0.3, -0.25) is 9.69 Å². The van der Waals surface area contributed by atoms with Gasteiger partial charge < -0.3 is 4.98 Å². The molecule has 2 aromatic heterocycles. The molecule has 2 unspecified atom stereocenters. The van der Waals surface area contributed by atoms with Crippen LogP contribution in [0.5, 0.6) is 0 Å². The Labute approximate surface area is 158 Å². The van der Waals surface area contributed by atoms with Crippen LogP contribution in [-0.4, -0.2) is 37.9 Å². The summed E-state index contributed by atoms with van der Waals surface area (Å²) in [4.78, 5) is 30.7. The minimum absolute atomic E-state index is 0.0368. The molecule has 0 aromatic carbocycles. The van der Waals surface area contributed by atoms with Crippen LogP contribution in [0.15, 0.2) is 35.2 Å². The SMILES string of the molecule is CC1(C)C2CC=C(CN3CCc4nc(-c5cncnc5)[nH]c(=O)c4C3)C1C2. The fourth-order valence-electron chi connectivity index (χ4n) is 5.09. The maximum Gasteiger partial charge on any atom is 0.255 e. The number of hydrogen-bond acceptors (Lipinski definition) is 5. The molecule has 1 aliphatic heterocycles. The van der Waals surface area contributed by atoms with Gasteiger partial charge in [-0.15, -0.1) is 0 Å². The molecule has 0 radical (unpaired) electrons. The van der Waals surface area contributed by atoms with Crippen LogP contribution in [0.4, 0.5) is 0 Å². The van der Waals surface area contributed by atoms with E-state index in [2.05, 4.69) is 39.8 Å². The number of fused-ring (bicyclic) bond motifs is 2. The maximum atomic E-state index is 12.7. The molecule has 0 amide bonds. The summed E-state index contributed by atoms with van der Waals surface area (Å²) in [6.45, 7) is 7.43. The van der Waals surface area contributed by atoms with Crippen LogP contribution in [0.1, 0.15) is 37.9 Å². The molecule has 1 N–H and O–H groups in total. The van der Waals surface area contributed by atoms with E-state index in [0.29, 0.717) is 17.8 Å². The number of allylic oxidation sites excluding steroid dienone is 1. The normalized spacial score (nSPS) is 26.1. The lowest BCUT2D eigenvalue weighted by Crippen LogP contribution is -2.50. The van der Waals surface area contributed by atoms with Gasteiger partial charge in [-0.1, -0.05) is 25.5 Å². The van der Waals surface area contributed by atoms with Gasteiger partial charge in [0.2, 0.25) is 0 Å². The van der Waals surface area contributed by atoms with Crippen molar-refractivity contribution in [3.05, 3.63) is 52.0 Å². The van der Waals surface area contributed by atoms with Gasteiger partial charge in [0.15, 0.2) is 0 Å². The molecular formula is C21H25N5O. The Morgan fingerprint density at radius 1 is 1.30 bits per heavy atom. The number of nitrogens with one attached hydrogen (secondary N) is 1. The molecule has 0 spiro atoms. The Morgan fingerprint density at radius 3 is 2.85 bits per heavy atom. The van der Waals surface area contributed by atoms with Crippen molar-refractivity contribution in [2.24, 2.45) is 17.3 Å². The van der Waals surface area contributed by atoms with Gasteiger partial charge in [0.05, 0.1) is 16.8 Å². The van der Waals surface area contributed by atoms with Crippen LogP contribution >= 0.6 is 0 Å². The van der Waals surface area contributed by atoms with E-state index in [1.807, 2.05) is 0 Å². The fourth-order valence-corrected chi connectivity index (χ4v) is 5.09. The maximum absolute atomic E-state index is 12.7. The lowest BCUT2D eigenvalue weighted by atomic mass is 9.49. The second-order valence-corrected chi connectivity index (χ2v) is 8.75. The Hall–Kier alpha value is -2.34. The third-order valence-electron chi connectivity index (χ3n) is 6.97. The molecule has 27 heavy (non-hydrogen) atoms. The van der Waals surface area contributed by atoms with E-state index in [1.54, 1.807) is 18.0 Å². The van der Waals surface area contributed by atoms with Crippen LogP contribution in [0, 0.1) is 17.3 Å². The molecule has 6 rings (SSSR count). The molecule has 2 atom stereocenters. The molecule has 140 valence electrons. The molecule has 0 saturated heterocycles. The van der Waals surface area contributed by atoms with Crippen molar-refractivity contribution in [2.45, 2.75) is 39.7 Å². The molecule has 1 fully saturated rings. The van der Waals surface area contributed by atoms with Gasteiger partial charge in [-0.2, -0.15) is 0 Å². The molecule has 1 saturated carbocycles. The summed E-state index contributed by atoms with van der Waals surface area (Å²) in [5.41, 5.74) is 4.45. The first-order valence-corrected chi connectivity index (χ1v) is 9.81. The number of aromatic nitrogens is 4. The van der Waals surface area contributed by atoms with Crippen LogP contribution in [0.2, 0.25) is 0 Å². The summed E-state index contributed by atoms with van der Waals surface area (Å²) in [5, 5.41) is 0. The van der Waals surface area contributed by atoms with Crippen molar-refractivity contribution in [1.29, 1.82) is 0 Å². The number of H-pyrrole nitrogens is 1. The average molecular weight is 363 g/mol. The quantitative estimate of drug-likeness (QED) is 0.849. The second-order valence-electron chi connectivity index (χ2n) is 8.75. The first-order chi connectivity index (χ1) is 13.0. The summed E-state index contributed by atoms with van der Waals surface area (Å²) in [6.07, 6.45) is 10.7. The summed E-state index contributed by atoms with van der Waals surface area (Å²) in [7, 11) is 0. The lowest BCUT2D eigenvalue weighted by molar-refractivity contribution is -0.0110. The second kappa shape index (κ2) is 6.09. The van der Waals surface area contributed by atoms with Crippen molar-refractivity contribution < 1.29 is 0 Å². The highest BCUT2D eigenvalue weighted by Gasteiger charge is 2.51. The number of aromatic amines is 1. The van der Waals surface area contributed by atoms with E-state index >= 15 is 0 Å². The molecule has 3 aliphatic carbocycles. The fraction of sp³-hybridized carbons (Fsp3) is 0.524. The molecule has 6 nitrogen and oxygen atoms in total. The largest absolute Gasteiger partial charge is 0.306 e. The first kappa shape index (κ1) is 16.8. The molecular weight excluding hydrogens is 338 g/mol. The summed E-state index contributed by atoms with van der Waals surface area (Å²) in [5.74, 6) is 2.14. The number of rotatable bonds is 3. The molecule has 2 aromatic rings. The van der Waals surface area contributed by atoms with E-state index in [-0.39, 0.29) is 5.56 Å². The zero-order valence-corrected chi connectivity index (χ0v) is 15.9. The first-order valence-electron chi connectivity index (χ1n) is 9.81. The van der Waals surface area contributed by atoms with E-state index < -0.39 is 0 Å². The number of nitrogens with zero attached hydrogens (tertiary/aromatic N) is 4. The summed E-state index contributed by atoms with van der Waals surface area (Å²) >= 11 is 0. The monoisotopic (exact) mass is 363 g/mol. The van der Waals surface area contributed by atoms with Crippen molar-refractivity contribution in [2.75, 3.05) is 13.1 Å². The Morgan fingerprint density at radius 2 is 2.11 bits per heavy atom. The van der Waals surface area contributed by atoms with E-state index in [1.165, 1.54) is 19.2 Å². The van der Waals surface area contributed by atoms with Crippen molar-refractivity contribution in [3.63, 3.8) is 0 Å². The van der Waals surface area contributed by atoms with Gasteiger partial charge in [-0.25, -0.2) is 15.0 Å². The van der Waals surface area contributed by atoms with Gasteiger partial charge in [0.25, 0.3) is 5.56 Å². The predicted molar refractivity (Wildman–Crippen MR) is 103 cm³/mol. The molecule has 2 bridgehead atoms. The van der Waals surface area contributed by atoms with Gasteiger partial charge in [0.1, 0.15) is 12.2 Å². The summed E-state index contributed by atoms with van der Waals surface area (Å²) in [6, 6.07) is 0. The van der Waals surface area contributed by atoms with Crippen LogP contribution in [0.25, 0.3) is 11.4 Å². The average Bonchev–Trinajstić information content (AvgIpc) is 2.69. The van der Waals surface area contributed by atoms with E-state index in [9.17, 15) is 4.79 Å². The minimum Gasteiger partial charge on any atom is -0.306 e. The van der Waals surface area contributed by atoms with Crippen LogP contribution in [-0.2, 0) is 13.0 Å². The van der Waals surface area contributed by atoms with Crippen molar-refractivity contribution in [1.82, 2.24) is 24.8 Å². The van der Waals surface area contributed by atoms with Gasteiger partial charge in [-0.05, 0) is 30.1 Å². The highest BCUT2D eigenvalue weighted by atomic mass is 16.1. The minimum atomic E-state index is -0.0368. The molecule has 4 aliphatic rings. The number of hydrogen-bond donors (Lipinski definition) is 1. The van der Waals surface area contributed by atoms with E-state index in [0.717, 1.165) is 48.2 Å². The zero-order chi connectivity index (χ0) is 18.6.